The SMILES string of the molecule is CCOc1cc2oc(C)c(C)c2cc1/C(C)=C/C(=O)N1CCCC2CCCCC21. The van der Waals surface area contributed by atoms with Crippen molar-refractivity contribution in [1.29, 1.82) is 0 Å². The van der Waals surface area contributed by atoms with Crippen LogP contribution in [0, 0.1) is 19.8 Å². The molecule has 1 saturated heterocycles. The average Bonchev–Trinajstić information content (AvgIpc) is 3.00. The van der Waals surface area contributed by atoms with E-state index < -0.39 is 0 Å². The Hall–Kier alpha value is -2.23. The third kappa shape index (κ3) is 3.82. The molecule has 29 heavy (non-hydrogen) atoms. The maximum atomic E-state index is 13.2. The number of carbonyl (C=O) groups excluding carboxylic acids is 1. The van der Waals surface area contributed by atoms with Gasteiger partial charge in [0.15, 0.2) is 0 Å². The summed E-state index contributed by atoms with van der Waals surface area (Å²) in [6.07, 6.45) is 9.24. The fraction of sp³-hybridized carbons (Fsp3) is 0.560. The quantitative estimate of drug-likeness (QED) is 0.593. The van der Waals surface area contributed by atoms with Crippen LogP contribution in [0.15, 0.2) is 22.6 Å². The Kier molecular flexibility index (Phi) is 5.71. The third-order valence-corrected chi connectivity index (χ3v) is 6.87. The van der Waals surface area contributed by atoms with Gasteiger partial charge in [-0.25, -0.2) is 0 Å². The van der Waals surface area contributed by atoms with E-state index in [-0.39, 0.29) is 5.91 Å². The van der Waals surface area contributed by atoms with E-state index in [4.69, 9.17) is 9.15 Å². The highest BCUT2D eigenvalue weighted by Gasteiger charge is 2.35. The summed E-state index contributed by atoms with van der Waals surface area (Å²) in [5, 5.41) is 1.09. The number of hydrogen-bond acceptors (Lipinski definition) is 3. The minimum atomic E-state index is 0.154. The Morgan fingerprint density at radius 3 is 2.76 bits per heavy atom. The predicted octanol–water partition coefficient (Wildman–Crippen LogP) is 6.03. The number of ether oxygens (including phenoxy) is 1. The molecular formula is C25H33NO3. The van der Waals surface area contributed by atoms with Crippen LogP contribution in [0.3, 0.4) is 0 Å². The Bertz CT molecular complexity index is 937. The number of benzene rings is 1. The maximum Gasteiger partial charge on any atom is 0.247 e. The zero-order valence-corrected chi connectivity index (χ0v) is 18.2. The molecule has 156 valence electrons. The van der Waals surface area contributed by atoms with Crippen molar-refractivity contribution >= 4 is 22.4 Å². The molecule has 4 heteroatoms. The van der Waals surface area contributed by atoms with Gasteiger partial charge in [-0.1, -0.05) is 12.8 Å². The number of likely N-dealkylation sites (tertiary alicyclic amines) is 1. The molecule has 2 heterocycles. The average molecular weight is 396 g/mol. The van der Waals surface area contributed by atoms with Gasteiger partial charge in [0.25, 0.3) is 0 Å². The molecule has 2 aliphatic rings. The Morgan fingerprint density at radius 1 is 1.21 bits per heavy atom. The van der Waals surface area contributed by atoms with Gasteiger partial charge in [-0.15, -0.1) is 0 Å². The number of hydrogen-bond donors (Lipinski definition) is 0. The second kappa shape index (κ2) is 8.25. The maximum absolute atomic E-state index is 13.2. The summed E-state index contributed by atoms with van der Waals surface area (Å²) in [7, 11) is 0. The molecule has 1 saturated carbocycles. The van der Waals surface area contributed by atoms with Crippen molar-refractivity contribution in [3.8, 4) is 5.75 Å². The minimum Gasteiger partial charge on any atom is -0.493 e. The summed E-state index contributed by atoms with van der Waals surface area (Å²) in [5.41, 5.74) is 3.92. The van der Waals surface area contributed by atoms with Gasteiger partial charge in [-0.2, -0.15) is 0 Å². The number of furan rings is 1. The lowest BCUT2D eigenvalue weighted by Crippen LogP contribution is -2.49. The molecule has 1 aliphatic carbocycles. The lowest BCUT2D eigenvalue weighted by Gasteiger charge is -2.43. The first-order valence-corrected chi connectivity index (χ1v) is 11.2. The number of nitrogens with zero attached hydrogens (tertiary/aromatic N) is 1. The molecule has 2 atom stereocenters. The molecular weight excluding hydrogens is 362 g/mol. The molecule has 1 aromatic heterocycles. The van der Waals surface area contributed by atoms with Crippen LogP contribution in [0.25, 0.3) is 16.5 Å². The van der Waals surface area contributed by atoms with Gasteiger partial charge in [0, 0.05) is 35.7 Å². The van der Waals surface area contributed by atoms with Gasteiger partial charge in [-0.3, -0.25) is 4.79 Å². The minimum absolute atomic E-state index is 0.154. The molecule has 1 amide bonds. The van der Waals surface area contributed by atoms with Gasteiger partial charge in [0.05, 0.1) is 6.61 Å². The molecule has 1 aliphatic heterocycles. The first kappa shape index (κ1) is 20.1. The highest BCUT2D eigenvalue weighted by Crippen LogP contribution is 2.37. The largest absolute Gasteiger partial charge is 0.493 e. The zero-order chi connectivity index (χ0) is 20.5. The number of fused-ring (bicyclic) bond motifs is 2. The summed E-state index contributed by atoms with van der Waals surface area (Å²) in [5.74, 6) is 2.56. The fourth-order valence-electron chi connectivity index (χ4n) is 5.20. The van der Waals surface area contributed by atoms with E-state index in [1.165, 1.54) is 25.7 Å². The summed E-state index contributed by atoms with van der Waals surface area (Å²) < 4.78 is 11.8. The smallest absolute Gasteiger partial charge is 0.247 e. The van der Waals surface area contributed by atoms with Crippen LogP contribution >= 0.6 is 0 Å². The molecule has 1 aromatic carbocycles. The van der Waals surface area contributed by atoms with Crippen molar-refractivity contribution in [2.75, 3.05) is 13.2 Å². The highest BCUT2D eigenvalue weighted by atomic mass is 16.5. The number of carbonyl (C=O) groups is 1. The molecule has 0 bridgehead atoms. The third-order valence-electron chi connectivity index (χ3n) is 6.87. The Balaban J connectivity index is 1.67. The van der Waals surface area contributed by atoms with Crippen LogP contribution in [0.2, 0.25) is 0 Å². The summed E-state index contributed by atoms with van der Waals surface area (Å²) in [6, 6.07) is 4.51. The summed E-state index contributed by atoms with van der Waals surface area (Å²) in [4.78, 5) is 15.4. The summed E-state index contributed by atoms with van der Waals surface area (Å²) >= 11 is 0. The van der Waals surface area contributed by atoms with E-state index in [0.717, 1.165) is 58.6 Å². The van der Waals surface area contributed by atoms with Gasteiger partial charge in [0.2, 0.25) is 5.91 Å². The molecule has 4 nitrogen and oxygen atoms in total. The van der Waals surface area contributed by atoms with Crippen LogP contribution in [-0.4, -0.2) is 30.0 Å². The van der Waals surface area contributed by atoms with Crippen molar-refractivity contribution in [3.63, 3.8) is 0 Å². The topological polar surface area (TPSA) is 42.7 Å². The van der Waals surface area contributed by atoms with Crippen molar-refractivity contribution in [2.45, 2.75) is 72.3 Å². The van der Waals surface area contributed by atoms with Gasteiger partial charge < -0.3 is 14.1 Å². The second-order valence-electron chi connectivity index (χ2n) is 8.67. The van der Waals surface area contributed by atoms with E-state index in [1.807, 2.05) is 32.9 Å². The first-order chi connectivity index (χ1) is 14.0. The van der Waals surface area contributed by atoms with Crippen LogP contribution in [0.1, 0.15) is 69.3 Å². The van der Waals surface area contributed by atoms with Crippen molar-refractivity contribution in [1.82, 2.24) is 4.90 Å². The standard InChI is InChI=1S/C25H33NO3/c1-5-28-23-15-24-21(17(3)18(4)29-24)14-20(23)16(2)13-25(27)26-12-8-10-19-9-6-7-11-22(19)26/h13-15,19,22H,5-12H2,1-4H3/b16-13+. The normalized spacial score (nSPS) is 22.6. The lowest BCUT2D eigenvalue weighted by atomic mass is 9.78. The number of amides is 1. The van der Waals surface area contributed by atoms with E-state index >= 15 is 0 Å². The van der Waals surface area contributed by atoms with Gasteiger partial charge in [-0.05, 0) is 76.5 Å². The molecule has 2 unspecified atom stereocenters. The van der Waals surface area contributed by atoms with Crippen molar-refractivity contribution in [2.24, 2.45) is 5.92 Å². The van der Waals surface area contributed by atoms with E-state index in [0.29, 0.717) is 18.6 Å². The van der Waals surface area contributed by atoms with Crippen LogP contribution in [0.5, 0.6) is 5.75 Å². The fourth-order valence-corrected chi connectivity index (χ4v) is 5.20. The Morgan fingerprint density at radius 2 is 1.97 bits per heavy atom. The predicted molar refractivity (Wildman–Crippen MR) is 117 cm³/mol. The Labute approximate surface area is 173 Å². The van der Waals surface area contributed by atoms with E-state index in [2.05, 4.69) is 17.9 Å². The molecule has 2 aromatic rings. The number of allylic oxidation sites excluding steroid dienone is 1. The molecule has 0 spiro atoms. The first-order valence-electron chi connectivity index (χ1n) is 11.2. The summed E-state index contributed by atoms with van der Waals surface area (Å²) in [6.45, 7) is 9.53. The molecule has 4 rings (SSSR count). The van der Waals surface area contributed by atoms with Gasteiger partial charge >= 0.3 is 0 Å². The lowest BCUT2D eigenvalue weighted by molar-refractivity contribution is -0.132. The van der Waals surface area contributed by atoms with E-state index in [9.17, 15) is 4.79 Å². The van der Waals surface area contributed by atoms with Gasteiger partial charge in [0.1, 0.15) is 17.1 Å². The van der Waals surface area contributed by atoms with Crippen molar-refractivity contribution < 1.29 is 13.9 Å². The van der Waals surface area contributed by atoms with Crippen molar-refractivity contribution in [3.05, 3.63) is 35.1 Å². The number of piperidine rings is 1. The molecule has 0 radical (unpaired) electrons. The molecule has 2 fully saturated rings. The monoisotopic (exact) mass is 395 g/mol. The van der Waals surface area contributed by atoms with Crippen LogP contribution in [-0.2, 0) is 4.79 Å². The second-order valence-corrected chi connectivity index (χ2v) is 8.67. The molecule has 0 N–H and O–H groups in total. The highest BCUT2D eigenvalue weighted by molar-refractivity contribution is 5.97. The van der Waals surface area contributed by atoms with Crippen LogP contribution in [0.4, 0.5) is 0 Å². The van der Waals surface area contributed by atoms with Crippen LogP contribution < -0.4 is 4.74 Å². The van der Waals surface area contributed by atoms with E-state index in [1.54, 1.807) is 0 Å². The number of aryl methyl sites for hydroxylation is 2. The zero-order valence-electron chi connectivity index (χ0n) is 18.2. The number of rotatable bonds is 4.